The van der Waals surface area contributed by atoms with E-state index < -0.39 is 0 Å². The average molecular weight is 350 g/mol. The van der Waals surface area contributed by atoms with Crippen molar-refractivity contribution in [2.24, 2.45) is 0 Å². The molecule has 0 heterocycles. The molecule has 0 aliphatic carbocycles. The van der Waals surface area contributed by atoms with Crippen LogP contribution in [0.15, 0.2) is 84.9 Å². The monoisotopic (exact) mass is 350 g/mol. The second-order valence-corrected chi connectivity index (χ2v) is 8.41. The van der Waals surface area contributed by atoms with Crippen molar-refractivity contribution in [1.29, 1.82) is 0 Å². The molecule has 3 aromatic rings. The zero-order valence-corrected chi connectivity index (χ0v) is 15.9. The molecule has 0 nitrogen and oxygen atoms in total. The summed E-state index contributed by atoms with van der Waals surface area (Å²) in [5.41, 5.74) is 5.85. The molecule has 2 heteroatoms. The van der Waals surface area contributed by atoms with Gasteiger partial charge in [0.2, 0.25) is 0 Å². The Kier molecular flexibility index (Phi) is 7.03. The minimum absolute atomic E-state index is 0.968. The van der Waals surface area contributed by atoms with Crippen LogP contribution in [0.5, 0.6) is 0 Å². The molecule has 24 heavy (non-hydrogen) atoms. The first-order valence-corrected chi connectivity index (χ1v) is 11.3. The van der Waals surface area contributed by atoms with Crippen LogP contribution in [-0.4, -0.2) is 0 Å². The number of hydrogen-bond acceptors (Lipinski definition) is 0. The average Bonchev–Trinajstić information content (AvgIpc) is 2.65. The Balaban J connectivity index is 1.40. The summed E-state index contributed by atoms with van der Waals surface area (Å²) in [5, 5.41) is 0. The molecule has 0 radical (unpaired) electrons. The minimum atomic E-state index is 0.968. The van der Waals surface area contributed by atoms with Crippen LogP contribution < -0.4 is 0 Å². The van der Waals surface area contributed by atoms with Crippen molar-refractivity contribution in [2.45, 2.75) is 24.6 Å². The first kappa shape index (κ1) is 17.3. The van der Waals surface area contributed by atoms with E-state index in [4.69, 9.17) is 0 Å². The third-order valence-electron chi connectivity index (χ3n) is 4.03. The van der Waals surface area contributed by atoms with Crippen LogP contribution in [-0.2, 0) is 24.6 Å². The fourth-order valence-electron chi connectivity index (χ4n) is 2.67. The van der Waals surface area contributed by atoms with Crippen molar-refractivity contribution in [3.05, 3.63) is 107 Å². The molecule has 0 saturated carbocycles. The molecule has 0 spiro atoms. The summed E-state index contributed by atoms with van der Waals surface area (Å²) >= 11 is 0. The third kappa shape index (κ3) is 5.86. The van der Waals surface area contributed by atoms with Gasteiger partial charge in [-0.2, -0.15) is 0 Å². The van der Waals surface area contributed by atoms with Gasteiger partial charge < -0.3 is 0 Å². The van der Waals surface area contributed by atoms with Crippen LogP contribution >= 0.6 is 17.2 Å². The van der Waals surface area contributed by atoms with Crippen molar-refractivity contribution in [2.75, 3.05) is 0 Å². The second-order valence-electron chi connectivity index (χ2n) is 5.99. The smallest absolute Gasteiger partial charge is 0.00976 e. The van der Waals surface area contributed by atoms with E-state index >= 15 is 0 Å². The lowest BCUT2D eigenvalue weighted by Crippen LogP contribution is -1.85. The first-order valence-electron chi connectivity index (χ1n) is 8.47. The molecule has 0 fully saturated rings. The van der Waals surface area contributed by atoms with Gasteiger partial charge in [0.1, 0.15) is 0 Å². The fraction of sp³-hybridized carbons (Fsp3) is 0.182. The van der Waals surface area contributed by atoms with E-state index in [0.717, 1.165) is 17.2 Å². The highest BCUT2D eigenvalue weighted by atomic mass is 31.1. The molecule has 0 N–H and O–H groups in total. The van der Waals surface area contributed by atoms with Crippen molar-refractivity contribution in [3.63, 3.8) is 0 Å². The van der Waals surface area contributed by atoms with Gasteiger partial charge in [0.25, 0.3) is 0 Å². The number of hydrogen-bond donors (Lipinski definition) is 0. The number of benzene rings is 3. The molecule has 122 valence electrons. The lowest BCUT2D eigenvalue weighted by Gasteiger charge is -2.06. The summed E-state index contributed by atoms with van der Waals surface area (Å²) in [4.78, 5) is 0. The standard InChI is InChI=1S/C22H24P2/c1-3-7-19(8-4-1)15-23-17-21-11-13-22(14-12-21)18-24-16-20-9-5-2-6-10-20/h1-14,23-24H,15-18H2. The predicted molar refractivity (Wildman–Crippen MR) is 111 cm³/mol. The fourth-order valence-corrected chi connectivity index (χ4v) is 5.02. The minimum Gasteiger partial charge on any atom is -0.113 e. The molecule has 2 unspecified atom stereocenters. The van der Waals surface area contributed by atoms with Crippen LogP contribution in [0, 0.1) is 0 Å². The largest absolute Gasteiger partial charge is 0.113 e. The Morgan fingerprint density at radius 2 is 0.667 bits per heavy atom. The third-order valence-corrected chi connectivity index (χ3v) is 6.66. The molecule has 3 aromatic carbocycles. The van der Waals surface area contributed by atoms with Gasteiger partial charge in [0, 0.05) is 0 Å². The van der Waals surface area contributed by atoms with Gasteiger partial charge in [-0.1, -0.05) is 84.9 Å². The van der Waals surface area contributed by atoms with Gasteiger partial charge in [-0.3, -0.25) is 0 Å². The Labute approximate surface area is 149 Å². The highest BCUT2D eigenvalue weighted by Gasteiger charge is 1.98. The maximum absolute atomic E-state index is 2.32. The Morgan fingerprint density at radius 3 is 1.00 bits per heavy atom. The van der Waals surface area contributed by atoms with Crippen LogP contribution in [0.4, 0.5) is 0 Å². The van der Waals surface area contributed by atoms with Gasteiger partial charge in [-0.15, -0.1) is 17.2 Å². The van der Waals surface area contributed by atoms with Crippen LogP contribution in [0.25, 0.3) is 0 Å². The summed E-state index contributed by atoms with van der Waals surface area (Å²) in [6, 6.07) is 30.9. The Hall–Kier alpha value is -1.48. The van der Waals surface area contributed by atoms with E-state index in [1.54, 1.807) is 0 Å². The molecule has 0 saturated heterocycles. The molecule has 2 atom stereocenters. The highest BCUT2D eigenvalue weighted by Crippen LogP contribution is 2.26. The van der Waals surface area contributed by atoms with E-state index in [0.29, 0.717) is 0 Å². The van der Waals surface area contributed by atoms with Crippen LogP contribution in [0.1, 0.15) is 22.3 Å². The van der Waals surface area contributed by atoms with Crippen molar-refractivity contribution >= 4 is 17.2 Å². The van der Waals surface area contributed by atoms with Gasteiger partial charge in [0.05, 0.1) is 0 Å². The van der Waals surface area contributed by atoms with E-state index in [9.17, 15) is 0 Å². The number of rotatable bonds is 8. The van der Waals surface area contributed by atoms with E-state index in [1.807, 2.05) is 0 Å². The summed E-state index contributed by atoms with van der Waals surface area (Å²) in [5.74, 6) is 0. The van der Waals surface area contributed by atoms with Gasteiger partial charge in [-0.05, 0) is 46.9 Å². The van der Waals surface area contributed by atoms with E-state index in [2.05, 4.69) is 84.9 Å². The molecule has 0 amide bonds. The first-order chi connectivity index (χ1) is 11.9. The summed E-state index contributed by atoms with van der Waals surface area (Å²) < 4.78 is 0. The normalized spacial score (nSPS) is 11.7. The zero-order chi connectivity index (χ0) is 16.5. The maximum Gasteiger partial charge on any atom is -0.00976 e. The molecular formula is C22H24P2. The van der Waals surface area contributed by atoms with Crippen molar-refractivity contribution in [1.82, 2.24) is 0 Å². The highest BCUT2D eigenvalue weighted by molar-refractivity contribution is 7.36. The molecule has 0 aromatic heterocycles. The molecule has 0 bridgehead atoms. The van der Waals surface area contributed by atoms with Crippen molar-refractivity contribution in [3.8, 4) is 0 Å². The Bertz CT molecular complexity index is 641. The predicted octanol–water partition coefficient (Wildman–Crippen LogP) is 6.44. The van der Waals surface area contributed by atoms with Crippen molar-refractivity contribution < 1.29 is 0 Å². The summed E-state index contributed by atoms with van der Waals surface area (Å²) in [7, 11) is 1.94. The molecule has 3 rings (SSSR count). The molecule has 0 aliphatic rings. The van der Waals surface area contributed by atoms with Gasteiger partial charge in [-0.25, -0.2) is 0 Å². The molecule has 0 aliphatic heterocycles. The molecular weight excluding hydrogens is 326 g/mol. The van der Waals surface area contributed by atoms with E-state index in [1.165, 1.54) is 46.9 Å². The summed E-state index contributed by atoms with van der Waals surface area (Å²) in [6.45, 7) is 0. The van der Waals surface area contributed by atoms with E-state index in [-0.39, 0.29) is 0 Å². The second kappa shape index (κ2) is 9.73. The van der Waals surface area contributed by atoms with Gasteiger partial charge in [0.15, 0.2) is 0 Å². The lowest BCUT2D eigenvalue weighted by atomic mass is 10.2. The topological polar surface area (TPSA) is 0 Å². The zero-order valence-electron chi connectivity index (χ0n) is 13.9. The van der Waals surface area contributed by atoms with Crippen LogP contribution in [0.3, 0.4) is 0 Å². The quantitative estimate of drug-likeness (QED) is 0.410. The lowest BCUT2D eigenvalue weighted by molar-refractivity contribution is 1.30. The maximum atomic E-state index is 2.32. The van der Waals surface area contributed by atoms with Crippen LogP contribution in [0.2, 0.25) is 0 Å². The summed E-state index contributed by atoms with van der Waals surface area (Å²) in [6.07, 6.45) is 4.78. The SMILES string of the molecule is c1ccc(CPCc2ccc(CPCc3ccccc3)cc2)cc1. The van der Waals surface area contributed by atoms with Gasteiger partial charge >= 0.3 is 0 Å². The Morgan fingerprint density at radius 1 is 0.375 bits per heavy atom.